The number of sulfone groups is 1. The highest BCUT2D eigenvalue weighted by Gasteiger charge is 2.42. The minimum absolute atomic E-state index is 0.0946. The van der Waals surface area contributed by atoms with Crippen LogP contribution in [0.15, 0.2) is 21.9 Å². The summed E-state index contributed by atoms with van der Waals surface area (Å²) in [5.41, 5.74) is 0.948. The molecule has 0 unspecified atom stereocenters. The van der Waals surface area contributed by atoms with Crippen molar-refractivity contribution in [3.8, 4) is 0 Å². The Labute approximate surface area is 137 Å². The Balaban J connectivity index is 2.06. The van der Waals surface area contributed by atoms with Crippen LogP contribution in [0.5, 0.6) is 0 Å². The number of hydrogen-bond acceptors (Lipinski definition) is 5. The van der Waals surface area contributed by atoms with Crippen molar-refractivity contribution in [1.29, 1.82) is 0 Å². The van der Waals surface area contributed by atoms with E-state index < -0.39 is 19.9 Å². The molecule has 2 fully saturated rings. The molecule has 3 rings (SSSR count). The minimum atomic E-state index is -3.68. The largest absolute Gasteiger partial charge is 0.316 e. The number of sulfonamides is 1. The number of fused-ring (bicyclic) bond motifs is 1. The van der Waals surface area contributed by atoms with Gasteiger partial charge in [-0.3, -0.25) is 0 Å². The monoisotopic (exact) mass is 358 g/mol. The lowest BCUT2D eigenvalue weighted by Crippen LogP contribution is -2.32. The summed E-state index contributed by atoms with van der Waals surface area (Å²) in [6.45, 7) is 5.98. The molecule has 1 aromatic carbocycles. The zero-order valence-electron chi connectivity index (χ0n) is 13.5. The summed E-state index contributed by atoms with van der Waals surface area (Å²) in [5, 5.41) is 3.28. The van der Waals surface area contributed by atoms with E-state index in [2.05, 4.69) is 5.32 Å². The van der Waals surface area contributed by atoms with Gasteiger partial charge in [0.1, 0.15) is 0 Å². The van der Waals surface area contributed by atoms with Gasteiger partial charge >= 0.3 is 0 Å². The Bertz CT molecular complexity index is 834. The van der Waals surface area contributed by atoms with Gasteiger partial charge in [0.15, 0.2) is 9.84 Å². The number of rotatable bonds is 3. The lowest BCUT2D eigenvalue weighted by Gasteiger charge is -2.20. The van der Waals surface area contributed by atoms with E-state index >= 15 is 0 Å². The van der Waals surface area contributed by atoms with Crippen LogP contribution in [0.2, 0.25) is 0 Å². The Morgan fingerprint density at radius 1 is 1.00 bits per heavy atom. The first kappa shape index (κ1) is 16.9. The number of aryl methyl sites for hydroxylation is 1. The molecule has 128 valence electrons. The van der Waals surface area contributed by atoms with Crippen LogP contribution in [-0.4, -0.2) is 53.6 Å². The van der Waals surface area contributed by atoms with Gasteiger partial charge in [-0.25, -0.2) is 16.8 Å². The molecule has 2 atom stereocenters. The molecule has 0 aromatic heterocycles. The number of nitrogens with one attached hydrogen (secondary N) is 1. The maximum absolute atomic E-state index is 13.0. The van der Waals surface area contributed by atoms with Crippen LogP contribution >= 0.6 is 0 Å². The second-order valence-electron chi connectivity index (χ2n) is 6.66. The van der Waals surface area contributed by atoms with E-state index in [4.69, 9.17) is 0 Å². The molecule has 8 heteroatoms. The summed E-state index contributed by atoms with van der Waals surface area (Å²) in [6, 6.07) is 3.11. The van der Waals surface area contributed by atoms with Crippen molar-refractivity contribution >= 4 is 19.9 Å². The van der Waals surface area contributed by atoms with Gasteiger partial charge in [0.2, 0.25) is 10.0 Å². The smallest absolute Gasteiger partial charge is 0.243 e. The first-order valence-electron chi connectivity index (χ1n) is 7.63. The molecule has 1 N–H and O–H groups in total. The van der Waals surface area contributed by atoms with Crippen LogP contribution in [-0.2, 0) is 19.9 Å². The summed E-state index contributed by atoms with van der Waals surface area (Å²) >= 11 is 0. The Kier molecular flexibility index (Phi) is 4.07. The summed E-state index contributed by atoms with van der Waals surface area (Å²) in [7, 11) is -7.15. The molecule has 2 saturated heterocycles. The van der Waals surface area contributed by atoms with E-state index in [0.29, 0.717) is 36.1 Å². The summed E-state index contributed by atoms with van der Waals surface area (Å²) in [5.74, 6) is 0.702. The van der Waals surface area contributed by atoms with E-state index in [0.717, 1.165) is 19.3 Å². The van der Waals surface area contributed by atoms with Gasteiger partial charge in [-0.1, -0.05) is 0 Å². The quantitative estimate of drug-likeness (QED) is 0.853. The van der Waals surface area contributed by atoms with Crippen molar-refractivity contribution in [1.82, 2.24) is 9.62 Å². The zero-order chi connectivity index (χ0) is 17.0. The minimum Gasteiger partial charge on any atom is -0.316 e. The first-order valence-corrected chi connectivity index (χ1v) is 11.0. The van der Waals surface area contributed by atoms with Crippen LogP contribution in [0, 0.1) is 25.7 Å². The molecule has 0 spiro atoms. The first-order chi connectivity index (χ1) is 10.6. The molecule has 0 amide bonds. The number of benzene rings is 1. The Hall–Kier alpha value is -0.960. The molecule has 2 aliphatic heterocycles. The molecule has 0 saturated carbocycles. The van der Waals surface area contributed by atoms with E-state index in [1.165, 1.54) is 10.4 Å². The molecular formula is C15H22N2O4S2. The molecule has 0 aliphatic carbocycles. The van der Waals surface area contributed by atoms with Gasteiger partial charge < -0.3 is 5.32 Å². The molecule has 23 heavy (non-hydrogen) atoms. The normalized spacial score (nSPS) is 25.7. The topological polar surface area (TPSA) is 83.5 Å². The molecule has 0 bridgehead atoms. The molecule has 1 aromatic rings. The van der Waals surface area contributed by atoms with E-state index in [9.17, 15) is 16.8 Å². The highest BCUT2D eigenvalue weighted by molar-refractivity contribution is 7.91. The van der Waals surface area contributed by atoms with Crippen molar-refractivity contribution in [3.63, 3.8) is 0 Å². The number of hydrogen-bond donors (Lipinski definition) is 1. The standard InChI is InChI=1S/C15H22N2O4S2/c1-10-4-14(22(3,18)19)11(2)15(5-10)23(20,21)17-8-12-6-16-7-13(12)9-17/h4-5,12-13,16H,6-9H2,1-3H3/t12-,13+. The molecule has 2 aliphatic rings. The third kappa shape index (κ3) is 2.93. The van der Waals surface area contributed by atoms with Crippen molar-refractivity contribution in [2.24, 2.45) is 11.8 Å². The second kappa shape index (κ2) is 5.54. The van der Waals surface area contributed by atoms with Crippen molar-refractivity contribution in [3.05, 3.63) is 23.3 Å². The van der Waals surface area contributed by atoms with Gasteiger partial charge in [0.25, 0.3) is 0 Å². The fraction of sp³-hybridized carbons (Fsp3) is 0.600. The average Bonchev–Trinajstić information content (AvgIpc) is 3.00. The van der Waals surface area contributed by atoms with Crippen LogP contribution < -0.4 is 5.32 Å². The zero-order valence-corrected chi connectivity index (χ0v) is 15.2. The predicted octanol–water partition coefficient (Wildman–Crippen LogP) is 0.547. The Morgan fingerprint density at radius 3 is 2.04 bits per heavy atom. The van der Waals surface area contributed by atoms with E-state index in [-0.39, 0.29) is 9.79 Å². The second-order valence-corrected chi connectivity index (χ2v) is 10.5. The maximum atomic E-state index is 13.0. The van der Waals surface area contributed by atoms with Gasteiger partial charge in [0.05, 0.1) is 9.79 Å². The van der Waals surface area contributed by atoms with Gasteiger partial charge in [-0.2, -0.15) is 4.31 Å². The van der Waals surface area contributed by atoms with E-state index in [1.54, 1.807) is 19.9 Å². The SMILES string of the molecule is Cc1cc(S(C)(=O)=O)c(C)c(S(=O)(=O)N2C[C@H]3CNC[C@H]3C2)c1. The number of nitrogens with zero attached hydrogens (tertiary/aromatic N) is 1. The van der Waals surface area contributed by atoms with Crippen LogP contribution in [0.25, 0.3) is 0 Å². The highest BCUT2D eigenvalue weighted by Crippen LogP contribution is 2.33. The van der Waals surface area contributed by atoms with Crippen molar-refractivity contribution < 1.29 is 16.8 Å². The fourth-order valence-corrected chi connectivity index (χ4v) is 6.61. The molecule has 2 heterocycles. The lowest BCUT2D eigenvalue weighted by molar-refractivity contribution is 0.447. The van der Waals surface area contributed by atoms with Gasteiger partial charge in [-0.15, -0.1) is 0 Å². The Morgan fingerprint density at radius 2 is 1.52 bits per heavy atom. The fourth-order valence-electron chi connectivity index (χ4n) is 3.59. The lowest BCUT2D eigenvalue weighted by atomic mass is 10.0. The van der Waals surface area contributed by atoms with E-state index in [1.807, 2.05) is 0 Å². The highest BCUT2D eigenvalue weighted by atomic mass is 32.2. The predicted molar refractivity (Wildman–Crippen MR) is 87.6 cm³/mol. The van der Waals surface area contributed by atoms with Crippen LogP contribution in [0.4, 0.5) is 0 Å². The van der Waals surface area contributed by atoms with Crippen LogP contribution in [0.1, 0.15) is 11.1 Å². The molecular weight excluding hydrogens is 336 g/mol. The van der Waals surface area contributed by atoms with Gasteiger partial charge in [0, 0.05) is 19.3 Å². The summed E-state index contributed by atoms with van der Waals surface area (Å²) in [6.07, 6.45) is 1.11. The molecule has 6 nitrogen and oxygen atoms in total. The summed E-state index contributed by atoms with van der Waals surface area (Å²) < 4.78 is 51.5. The summed E-state index contributed by atoms with van der Waals surface area (Å²) in [4.78, 5) is 0.211. The van der Waals surface area contributed by atoms with Crippen molar-refractivity contribution in [2.75, 3.05) is 32.4 Å². The molecule has 0 radical (unpaired) electrons. The van der Waals surface area contributed by atoms with Crippen molar-refractivity contribution in [2.45, 2.75) is 23.6 Å². The maximum Gasteiger partial charge on any atom is 0.243 e. The third-order valence-corrected chi connectivity index (χ3v) is 8.01. The third-order valence-electron chi connectivity index (χ3n) is 4.83. The van der Waals surface area contributed by atoms with Crippen LogP contribution in [0.3, 0.4) is 0 Å². The van der Waals surface area contributed by atoms with Gasteiger partial charge in [-0.05, 0) is 62.0 Å². The average molecular weight is 358 g/mol.